The highest BCUT2D eigenvalue weighted by Crippen LogP contribution is 2.33. The summed E-state index contributed by atoms with van der Waals surface area (Å²) in [7, 11) is 0. The van der Waals surface area contributed by atoms with Gasteiger partial charge in [-0.05, 0) is 72.8 Å². The number of hydrogen-bond acceptors (Lipinski definition) is 5. The van der Waals surface area contributed by atoms with Gasteiger partial charge in [-0.1, -0.05) is 50.2 Å². The van der Waals surface area contributed by atoms with Gasteiger partial charge in [0, 0.05) is 31.3 Å². The van der Waals surface area contributed by atoms with Crippen LogP contribution in [0.25, 0.3) is 0 Å². The van der Waals surface area contributed by atoms with Crippen LogP contribution in [0.3, 0.4) is 0 Å². The summed E-state index contributed by atoms with van der Waals surface area (Å²) in [6.45, 7) is 5.47. The van der Waals surface area contributed by atoms with E-state index < -0.39 is 5.60 Å². The van der Waals surface area contributed by atoms with Gasteiger partial charge >= 0.3 is 0 Å². The molecule has 1 unspecified atom stereocenters. The molecule has 3 aromatic rings. The van der Waals surface area contributed by atoms with Crippen molar-refractivity contribution in [2.75, 3.05) is 18.4 Å². The zero-order chi connectivity index (χ0) is 26.7. The van der Waals surface area contributed by atoms with E-state index in [0.717, 1.165) is 17.7 Å². The lowest BCUT2D eigenvalue weighted by atomic mass is 9.84. The molecule has 2 aliphatic rings. The van der Waals surface area contributed by atoms with Crippen LogP contribution in [0.15, 0.2) is 65.7 Å². The molecule has 7 nitrogen and oxygen atoms in total. The molecule has 7 heteroatoms. The predicted octanol–water partition coefficient (Wildman–Crippen LogP) is 4.97. The van der Waals surface area contributed by atoms with Gasteiger partial charge in [-0.2, -0.15) is 0 Å². The topological polar surface area (TPSA) is 87.5 Å². The molecule has 1 aliphatic heterocycles. The Bertz CT molecular complexity index is 1330. The molecular formula is C31H38N4O3. The number of aliphatic hydroxyl groups is 1. The summed E-state index contributed by atoms with van der Waals surface area (Å²) in [5.74, 6) is 1.33. The van der Waals surface area contributed by atoms with Crippen molar-refractivity contribution in [2.45, 2.75) is 76.4 Å². The Morgan fingerprint density at radius 3 is 2.66 bits per heavy atom. The van der Waals surface area contributed by atoms with E-state index in [-0.39, 0.29) is 23.9 Å². The van der Waals surface area contributed by atoms with Crippen LogP contribution in [0.4, 0.5) is 11.5 Å². The van der Waals surface area contributed by atoms with Gasteiger partial charge < -0.3 is 15.3 Å². The van der Waals surface area contributed by atoms with Gasteiger partial charge in [0.15, 0.2) is 0 Å². The number of piperidine rings is 1. The van der Waals surface area contributed by atoms with Gasteiger partial charge in [0.05, 0.1) is 18.5 Å². The van der Waals surface area contributed by atoms with Crippen LogP contribution in [0.2, 0.25) is 0 Å². The molecule has 200 valence electrons. The molecule has 1 aliphatic carbocycles. The minimum absolute atomic E-state index is 0.106. The van der Waals surface area contributed by atoms with Crippen molar-refractivity contribution in [3.8, 4) is 0 Å². The first-order valence-electron chi connectivity index (χ1n) is 13.8. The highest BCUT2D eigenvalue weighted by atomic mass is 16.3. The maximum absolute atomic E-state index is 12.9. The Morgan fingerprint density at radius 2 is 1.92 bits per heavy atom. The summed E-state index contributed by atoms with van der Waals surface area (Å²) in [6, 6.07) is 17.9. The Morgan fingerprint density at radius 1 is 1.16 bits per heavy atom. The van der Waals surface area contributed by atoms with E-state index in [1.165, 1.54) is 40.9 Å². The number of carbonyl (C=O) groups excluding carboxylic acids is 1. The lowest BCUT2D eigenvalue weighted by Gasteiger charge is -2.38. The largest absolute Gasteiger partial charge is 0.388 e. The van der Waals surface area contributed by atoms with E-state index in [4.69, 9.17) is 0 Å². The highest BCUT2D eigenvalue weighted by Gasteiger charge is 2.35. The maximum Gasteiger partial charge on any atom is 0.255 e. The number of rotatable bonds is 7. The van der Waals surface area contributed by atoms with E-state index in [2.05, 4.69) is 36.3 Å². The average Bonchev–Trinajstić information content (AvgIpc) is 2.91. The zero-order valence-electron chi connectivity index (χ0n) is 22.4. The average molecular weight is 515 g/mol. The highest BCUT2D eigenvalue weighted by molar-refractivity contribution is 5.77. The second kappa shape index (κ2) is 11.1. The molecule has 2 atom stereocenters. The molecule has 5 rings (SSSR count). The molecular weight excluding hydrogens is 476 g/mol. The van der Waals surface area contributed by atoms with Crippen molar-refractivity contribution in [3.05, 3.63) is 88.0 Å². The van der Waals surface area contributed by atoms with Crippen molar-refractivity contribution in [1.29, 1.82) is 0 Å². The molecule has 0 saturated carbocycles. The molecule has 1 aromatic heterocycles. The van der Waals surface area contributed by atoms with Crippen LogP contribution < -0.4 is 10.9 Å². The molecule has 1 fully saturated rings. The maximum atomic E-state index is 12.9. The lowest BCUT2D eigenvalue weighted by molar-refractivity contribution is -0.136. The van der Waals surface area contributed by atoms with Crippen molar-refractivity contribution >= 4 is 17.4 Å². The number of anilines is 2. The van der Waals surface area contributed by atoms with E-state index in [1.54, 1.807) is 0 Å². The van der Waals surface area contributed by atoms with Gasteiger partial charge in [-0.15, -0.1) is 0 Å². The first-order valence-corrected chi connectivity index (χ1v) is 13.8. The number of amides is 1. The number of hydrogen-bond donors (Lipinski definition) is 2. The molecule has 1 saturated heterocycles. The first-order chi connectivity index (χ1) is 18.3. The Labute approximate surface area is 224 Å². The Kier molecular flexibility index (Phi) is 7.65. The second-order valence-electron chi connectivity index (χ2n) is 11.2. The van der Waals surface area contributed by atoms with Crippen molar-refractivity contribution in [2.24, 2.45) is 0 Å². The molecule has 2 aromatic carbocycles. The smallest absolute Gasteiger partial charge is 0.255 e. The fourth-order valence-corrected chi connectivity index (χ4v) is 5.83. The molecule has 0 radical (unpaired) electrons. The summed E-state index contributed by atoms with van der Waals surface area (Å²) in [5.41, 5.74) is 3.61. The fourth-order valence-electron chi connectivity index (χ4n) is 5.83. The number of aromatic nitrogens is 2. The number of likely N-dealkylation sites (tertiary alicyclic amines) is 1. The number of nitrogens with one attached hydrogen (secondary N) is 1. The van der Waals surface area contributed by atoms with Crippen LogP contribution in [-0.2, 0) is 17.8 Å². The van der Waals surface area contributed by atoms with Crippen LogP contribution in [0, 0.1) is 0 Å². The van der Waals surface area contributed by atoms with E-state index in [1.807, 2.05) is 41.3 Å². The van der Waals surface area contributed by atoms with Crippen molar-refractivity contribution < 1.29 is 9.90 Å². The quantitative estimate of drug-likeness (QED) is 0.465. The molecule has 2 heterocycles. The number of nitrogens with zero attached hydrogens (tertiary/aromatic N) is 3. The van der Waals surface area contributed by atoms with Crippen LogP contribution in [-0.4, -0.2) is 44.2 Å². The molecule has 2 N–H and O–H groups in total. The summed E-state index contributed by atoms with van der Waals surface area (Å²) >= 11 is 0. The summed E-state index contributed by atoms with van der Waals surface area (Å²) < 4.78 is 1.47. The standard InChI is InChI=1S/C31H38N4O3/c1-22-7-6-10-25-18-26(11-12-27(22)25)33-28-19-30(37)35(21-32-28)20-31(38)13-15-34(16-14-31)29(36)17-23(2)24-8-4-3-5-9-24/h3-5,8-9,11-12,18-19,21-23,33,38H,6-7,10,13-17,20H2,1-2H3/t22?,23-/m1/s1. The third kappa shape index (κ3) is 5.99. The Balaban J connectivity index is 1.16. The molecule has 0 bridgehead atoms. The Hall–Kier alpha value is -3.45. The fraction of sp³-hybridized carbons (Fsp3) is 0.452. The first kappa shape index (κ1) is 26.2. The van der Waals surface area contributed by atoms with Gasteiger partial charge in [0.1, 0.15) is 5.82 Å². The number of aryl methyl sites for hydroxylation is 1. The zero-order valence-corrected chi connectivity index (χ0v) is 22.4. The number of fused-ring (bicyclic) bond motifs is 1. The molecule has 0 spiro atoms. The monoisotopic (exact) mass is 514 g/mol. The van der Waals surface area contributed by atoms with Gasteiger partial charge in [-0.3, -0.25) is 14.2 Å². The third-order valence-corrected chi connectivity index (χ3v) is 8.27. The third-order valence-electron chi connectivity index (χ3n) is 8.27. The van der Waals surface area contributed by atoms with E-state index in [9.17, 15) is 14.7 Å². The van der Waals surface area contributed by atoms with Gasteiger partial charge in [0.2, 0.25) is 5.91 Å². The molecule has 38 heavy (non-hydrogen) atoms. The van der Waals surface area contributed by atoms with Crippen LogP contribution in [0.5, 0.6) is 0 Å². The van der Waals surface area contributed by atoms with Crippen molar-refractivity contribution in [3.63, 3.8) is 0 Å². The minimum atomic E-state index is -1.04. The summed E-state index contributed by atoms with van der Waals surface area (Å²) in [5, 5.41) is 14.5. The van der Waals surface area contributed by atoms with Crippen molar-refractivity contribution in [1.82, 2.24) is 14.5 Å². The predicted molar refractivity (Wildman–Crippen MR) is 150 cm³/mol. The summed E-state index contributed by atoms with van der Waals surface area (Å²) in [4.78, 5) is 32.0. The van der Waals surface area contributed by atoms with Crippen LogP contribution in [0.1, 0.15) is 74.5 Å². The lowest BCUT2D eigenvalue weighted by Crippen LogP contribution is -2.49. The number of benzene rings is 2. The SMILES string of the molecule is CC1CCCc2cc(Nc3cc(=O)n(CC4(O)CCN(C(=O)C[C@@H](C)c5ccccc5)CC4)cn3)ccc21. The van der Waals surface area contributed by atoms with E-state index >= 15 is 0 Å². The van der Waals surface area contributed by atoms with Gasteiger partial charge in [-0.25, -0.2) is 4.98 Å². The summed E-state index contributed by atoms with van der Waals surface area (Å²) in [6.07, 6.45) is 6.32. The van der Waals surface area contributed by atoms with E-state index in [0.29, 0.717) is 44.1 Å². The second-order valence-corrected chi connectivity index (χ2v) is 11.2. The molecule has 1 amide bonds. The van der Waals surface area contributed by atoms with Gasteiger partial charge in [0.25, 0.3) is 5.56 Å². The normalized spacial score (nSPS) is 19.4. The number of carbonyl (C=O) groups is 1. The van der Waals surface area contributed by atoms with Crippen LogP contribution >= 0.6 is 0 Å². The minimum Gasteiger partial charge on any atom is -0.388 e.